The number of carbonyl (C=O) groups excluding carboxylic acids is 1. The van der Waals surface area contributed by atoms with Gasteiger partial charge in [-0.05, 0) is 30.3 Å². The van der Waals surface area contributed by atoms with Crippen LogP contribution in [0.15, 0.2) is 40.9 Å². The third-order valence-electron chi connectivity index (χ3n) is 2.73. The summed E-state index contributed by atoms with van der Waals surface area (Å²) in [5.41, 5.74) is 6.83. The van der Waals surface area contributed by atoms with Gasteiger partial charge < -0.3 is 20.9 Å². The molecule has 5 nitrogen and oxygen atoms in total. The average Bonchev–Trinajstić information content (AvgIpc) is 2.42. The van der Waals surface area contributed by atoms with E-state index >= 15 is 0 Å². The average molecular weight is 337 g/mol. The third-order valence-corrected chi connectivity index (χ3v) is 3.22. The number of amides is 1. The maximum atomic E-state index is 12.1. The number of ether oxygens (including phenoxy) is 1. The summed E-state index contributed by atoms with van der Waals surface area (Å²) in [6.45, 7) is 0. The fraction of sp³-hybridized carbons (Fsp3) is 0.0714. The van der Waals surface area contributed by atoms with Crippen LogP contribution in [0.5, 0.6) is 11.5 Å². The summed E-state index contributed by atoms with van der Waals surface area (Å²) in [6.07, 6.45) is 0. The van der Waals surface area contributed by atoms with Crippen LogP contribution in [0.4, 0.5) is 11.4 Å². The van der Waals surface area contributed by atoms with Gasteiger partial charge in [0.2, 0.25) is 0 Å². The van der Waals surface area contributed by atoms with Crippen LogP contribution in [0, 0.1) is 0 Å². The minimum Gasteiger partial charge on any atom is -0.504 e. The summed E-state index contributed by atoms with van der Waals surface area (Å²) in [5.74, 6) is -0.431. The van der Waals surface area contributed by atoms with Crippen molar-refractivity contribution in [2.75, 3.05) is 18.2 Å². The Morgan fingerprint density at radius 3 is 2.75 bits per heavy atom. The Balaban J connectivity index is 2.28. The summed E-state index contributed by atoms with van der Waals surface area (Å²) in [7, 11) is 1.42. The number of anilines is 2. The molecule has 104 valence electrons. The third kappa shape index (κ3) is 2.85. The quantitative estimate of drug-likeness (QED) is 0.752. The number of phenolic OH excluding ortho intramolecular Hbond substituents is 1. The van der Waals surface area contributed by atoms with Gasteiger partial charge in [-0.2, -0.15) is 0 Å². The lowest BCUT2D eigenvalue weighted by atomic mass is 10.1. The van der Waals surface area contributed by atoms with Crippen molar-refractivity contribution in [3.8, 4) is 11.5 Å². The number of hydrogen-bond donors (Lipinski definition) is 3. The highest BCUT2D eigenvalue weighted by Gasteiger charge is 2.15. The summed E-state index contributed by atoms with van der Waals surface area (Å²) < 4.78 is 5.78. The second kappa shape index (κ2) is 5.83. The first-order chi connectivity index (χ1) is 9.52. The van der Waals surface area contributed by atoms with Crippen molar-refractivity contribution in [2.45, 2.75) is 0 Å². The molecule has 0 unspecified atom stereocenters. The van der Waals surface area contributed by atoms with Crippen LogP contribution in [0.25, 0.3) is 0 Å². The molecule has 0 spiro atoms. The van der Waals surface area contributed by atoms with Crippen molar-refractivity contribution in [3.63, 3.8) is 0 Å². The number of phenols is 1. The van der Waals surface area contributed by atoms with Gasteiger partial charge in [-0.25, -0.2) is 0 Å². The van der Waals surface area contributed by atoms with E-state index in [1.807, 2.05) is 0 Å². The zero-order chi connectivity index (χ0) is 14.7. The standard InChI is InChI=1S/C14H13BrN2O3/c1-20-12-4-2-3-9(13(12)18)14(19)17-11-6-5-8(15)7-10(11)16/h2-7,18H,16H2,1H3,(H,17,19). The van der Waals surface area contributed by atoms with Crippen LogP contribution >= 0.6 is 15.9 Å². The molecule has 0 fully saturated rings. The van der Waals surface area contributed by atoms with Crippen LogP contribution in [-0.4, -0.2) is 18.1 Å². The Morgan fingerprint density at radius 1 is 1.35 bits per heavy atom. The largest absolute Gasteiger partial charge is 0.504 e. The molecule has 6 heteroatoms. The van der Waals surface area contributed by atoms with Gasteiger partial charge in [0.05, 0.1) is 24.0 Å². The number of hydrogen-bond acceptors (Lipinski definition) is 4. The van der Waals surface area contributed by atoms with E-state index in [0.717, 1.165) is 4.47 Å². The van der Waals surface area contributed by atoms with Crippen LogP contribution < -0.4 is 15.8 Å². The van der Waals surface area contributed by atoms with Crippen molar-refractivity contribution in [3.05, 3.63) is 46.4 Å². The van der Waals surface area contributed by atoms with Gasteiger partial charge in [-0.3, -0.25) is 4.79 Å². The summed E-state index contributed by atoms with van der Waals surface area (Å²) in [6, 6.07) is 9.81. The highest BCUT2D eigenvalue weighted by Crippen LogP contribution is 2.30. The zero-order valence-electron chi connectivity index (χ0n) is 10.7. The number of para-hydroxylation sites is 1. The van der Waals surface area contributed by atoms with Crippen molar-refractivity contribution in [1.29, 1.82) is 0 Å². The van der Waals surface area contributed by atoms with Crippen LogP contribution in [0.2, 0.25) is 0 Å². The molecule has 0 aliphatic carbocycles. The first-order valence-corrected chi connectivity index (χ1v) is 6.54. The second-order valence-corrected chi connectivity index (χ2v) is 4.96. The summed E-state index contributed by atoms with van der Waals surface area (Å²) >= 11 is 3.29. The second-order valence-electron chi connectivity index (χ2n) is 4.04. The molecule has 0 heterocycles. The smallest absolute Gasteiger partial charge is 0.259 e. The lowest BCUT2D eigenvalue weighted by Gasteiger charge is -2.11. The van der Waals surface area contributed by atoms with E-state index in [1.54, 1.807) is 30.3 Å². The molecular weight excluding hydrogens is 324 g/mol. The van der Waals surface area contributed by atoms with Crippen LogP contribution in [-0.2, 0) is 0 Å². The number of aromatic hydroxyl groups is 1. The van der Waals surface area contributed by atoms with E-state index in [0.29, 0.717) is 11.4 Å². The number of methoxy groups -OCH3 is 1. The fourth-order valence-electron chi connectivity index (χ4n) is 1.71. The number of benzene rings is 2. The molecular formula is C14H13BrN2O3. The topological polar surface area (TPSA) is 84.6 Å². The molecule has 2 rings (SSSR count). The molecule has 0 bridgehead atoms. The van der Waals surface area contributed by atoms with E-state index in [1.165, 1.54) is 13.2 Å². The van der Waals surface area contributed by atoms with E-state index in [-0.39, 0.29) is 17.1 Å². The van der Waals surface area contributed by atoms with E-state index in [9.17, 15) is 9.90 Å². The predicted molar refractivity (Wildman–Crippen MR) is 81.2 cm³/mol. The molecule has 0 atom stereocenters. The van der Waals surface area contributed by atoms with E-state index in [2.05, 4.69) is 21.2 Å². The lowest BCUT2D eigenvalue weighted by molar-refractivity contribution is 0.102. The molecule has 0 aliphatic rings. The maximum Gasteiger partial charge on any atom is 0.259 e. The number of nitrogens with one attached hydrogen (secondary N) is 1. The number of halogens is 1. The highest BCUT2D eigenvalue weighted by molar-refractivity contribution is 9.10. The molecule has 0 saturated heterocycles. The minimum absolute atomic E-state index is 0.117. The lowest BCUT2D eigenvalue weighted by Crippen LogP contribution is -2.13. The van der Waals surface area contributed by atoms with Crippen LogP contribution in [0.3, 0.4) is 0 Å². The maximum absolute atomic E-state index is 12.1. The summed E-state index contributed by atoms with van der Waals surface area (Å²) in [5, 5.41) is 12.6. The van der Waals surface area contributed by atoms with Gasteiger partial charge in [0.1, 0.15) is 0 Å². The Kier molecular flexibility index (Phi) is 4.14. The molecule has 2 aromatic rings. The molecule has 0 saturated carbocycles. The van der Waals surface area contributed by atoms with Crippen molar-refractivity contribution in [1.82, 2.24) is 0 Å². The predicted octanol–water partition coefficient (Wildman–Crippen LogP) is 3.00. The Labute approximate surface area is 124 Å². The van der Waals surface area contributed by atoms with Crippen molar-refractivity contribution >= 4 is 33.2 Å². The monoisotopic (exact) mass is 336 g/mol. The number of nitrogens with two attached hydrogens (primary N) is 1. The molecule has 0 radical (unpaired) electrons. The Morgan fingerprint density at radius 2 is 2.10 bits per heavy atom. The molecule has 0 aromatic heterocycles. The van der Waals surface area contributed by atoms with Gasteiger partial charge >= 0.3 is 0 Å². The SMILES string of the molecule is COc1cccc(C(=O)Nc2ccc(Br)cc2N)c1O. The van der Waals surface area contributed by atoms with E-state index < -0.39 is 5.91 Å². The Hall–Kier alpha value is -2.21. The zero-order valence-corrected chi connectivity index (χ0v) is 12.3. The van der Waals surface area contributed by atoms with Crippen molar-refractivity contribution < 1.29 is 14.6 Å². The molecule has 0 aliphatic heterocycles. The minimum atomic E-state index is -0.463. The normalized spacial score (nSPS) is 10.1. The van der Waals surface area contributed by atoms with Gasteiger partial charge in [-0.1, -0.05) is 22.0 Å². The highest BCUT2D eigenvalue weighted by atomic mass is 79.9. The molecule has 2 aromatic carbocycles. The number of rotatable bonds is 3. The summed E-state index contributed by atoms with van der Waals surface area (Å²) in [4.78, 5) is 12.1. The molecule has 20 heavy (non-hydrogen) atoms. The van der Waals surface area contributed by atoms with Gasteiger partial charge in [0, 0.05) is 4.47 Å². The fourth-order valence-corrected chi connectivity index (χ4v) is 2.09. The molecule has 4 N–H and O–H groups in total. The van der Waals surface area contributed by atoms with Crippen LogP contribution in [0.1, 0.15) is 10.4 Å². The Bertz CT molecular complexity index is 659. The first kappa shape index (κ1) is 14.2. The first-order valence-electron chi connectivity index (χ1n) is 5.75. The number of nitrogen functional groups attached to an aromatic ring is 1. The van der Waals surface area contributed by atoms with Crippen molar-refractivity contribution in [2.24, 2.45) is 0 Å². The molecule has 1 amide bonds. The van der Waals surface area contributed by atoms with E-state index in [4.69, 9.17) is 10.5 Å². The number of carbonyl (C=O) groups is 1. The van der Waals surface area contributed by atoms with Gasteiger partial charge in [0.25, 0.3) is 5.91 Å². The van der Waals surface area contributed by atoms with Gasteiger partial charge in [-0.15, -0.1) is 0 Å². The van der Waals surface area contributed by atoms with Gasteiger partial charge in [0.15, 0.2) is 11.5 Å².